The zero-order valence-electron chi connectivity index (χ0n) is 8.32. The molecule has 1 rings (SSSR count). The van der Waals surface area contributed by atoms with Gasteiger partial charge in [0.1, 0.15) is 30.2 Å². The van der Waals surface area contributed by atoms with Gasteiger partial charge in [-0.15, -0.1) is 0 Å². The summed E-state index contributed by atoms with van der Waals surface area (Å²) in [6, 6.07) is 0. The maximum Gasteiger partial charge on any atom is 0.184 e. The van der Waals surface area contributed by atoms with Crippen molar-refractivity contribution in [1.29, 1.82) is 0 Å². The second-order valence-electron chi connectivity index (χ2n) is 3.46. The Kier molecular flexibility index (Phi) is 4.06. The number of allylic oxidation sites excluding steroid dienone is 1. The van der Waals surface area contributed by atoms with Crippen LogP contribution in [0.15, 0.2) is 11.8 Å². The molecule has 0 aromatic carbocycles. The van der Waals surface area contributed by atoms with Gasteiger partial charge in [0.15, 0.2) is 6.29 Å². The molecule has 5 N–H and O–H groups in total. The quantitative estimate of drug-likeness (QED) is 0.367. The molecule has 0 aromatic heterocycles. The van der Waals surface area contributed by atoms with Gasteiger partial charge in [-0.3, -0.25) is 0 Å². The Labute approximate surface area is 87.0 Å². The molecule has 0 aromatic rings. The first-order valence-corrected chi connectivity index (χ1v) is 4.75. The van der Waals surface area contributed by atoms with Crippen LogP contribution in [0.5, 0.6) is 0 Å². The molecule has 0 saturated carbocycles. The molecular weight excluding hydrogens is 204 g/mol. The molecule has 0 bridgehead atoms. The largest absolute Gasteiger partial charge is 0.510 e. The van der Waals surface area contributed by atoms with Gasteiger partial charge in [-0.05, 0) is 12.5 Å². The fourth-order valence-corrected chi connectivity index (χ4v) is 1.43. The van der Waals surface area contributed by atoms with E-state index in [-0.39, 0.29) is 5.76 Å². The maximum absolute atomic E-state index is 9.48. The monoisotopic (exact) mass is 220 g/mol. The summed E-state index contributed by atoms with van der Waals surface area (Å²) in [6.07, 6.45) is -5.51. The van der Waals surface area contributed by atoms with Gasteiger partial charge in [-0.1, -0.05) is 6.92 Å². The Morgan fingerprint density at radius 2 is 1.73 bits per heavy atom. The average Bonchev–Trinajstić information content (AvgIpc) is 2.20. The molecule has 0 aliphatic carbocycles. The predicted octanol–water partition coefficient (Wildman–Crippen LogP) is -1.36. The molecule has 1 heterocycles. The van der Waals surface area contributed by atoms with E-state index in [4.69, 9.17) is 9.84 Å². The number of rotatable bonds is 2. The van der Waals surface area contributed by atoms with Crippen molar-refractivity contribution >= 4 is 0 Å². The van der Waals surface area contributed by atoms with E-state index in [9.17, 15) is 20.4 Å². The molecular formula is C9H16O6. The summed E-state index contributed by atoms with van der Waals surface area (Å²) in [5.41, 5.74) is 0. The van der Waals surface area contributed by atoms with E-state index in [0.29, 0.717) is 6.42 Å². The van der Waals surface area contributed by atoms with E-state index in [2.05, 4.69) is 0 Å². The molecule has 5 atom stereocenters. The van der Waals surface area contributed by atoms with Crippen molar-refractivity contribution in [2.75, 3.05) is 0 Å². The normalized spacial score (nSPS) is 43.0. The number of aliphatic hydroxyl groups is 5. The van der Waals surface area contributed by atoms with Crippen molar-refractivity contribution in [3.8, 4) is 0 Å². The first-order valence-electron chi connectivity index (χ1n) is 4.75. The minimum atomic E-state index is -1.62. The van der Waals surface area contributed by atoms with Crippen LogP contribution in [0.1, 0.15) is 13.3 Å². The van der Waals surface area contributed by atoms with E-state index in [1.807, 2.05) is 0 Å². The van der Waals surface area contributed by atoms with Crippen LogP contribution in [-0.2, 0) is 4.74 Å². The smallest absolute Gasteiger partial charge is 0.184 e. The van der Waals surface area contributed by atoms with Gasteiger partial charge in [0, 0.05) is 0 Å². The Balaban J connectivity index is 2.79. The third kappa shape index (κ3) is 2.47. The number of hydrogen-bond acceptors (Lipinski definition) is 6. The minimum Gasteiger partial charge on any atom is -0.510 e. The highest BCUT2D eigenvalue weighted by atomic mass is 16.6. The van der Waals surface area contributed by atoms with Gasteiger partial charge in [0.05, 0.1) is 0 Å². The zero-order valence-corrected chi connectivity index (χ0v) is 8.32. The van der Waals surface area contributed by atoms with E-state index < -0.39 is 30.7 Å². The molecule has 1 aliphatic heterocycles. The highest BCUT2D eigenvalue weighted by molar-refractivity contribution is 5.06. The van der Waals surface area contributed by atoms with Crippen LogP contribution in [0.4, 0.5) is 0 Å². The van der Waals surface area contributed by atoms with Crippen LogP contribution in [0.2, 0.25) is 0 Å². The Morgan fingerprint density at radius 3 is 2.27 bits per heavy atom. The molecule has 1 saturated heterocycles. The summed E-state index contributed by atoms with van der Waals surface area (Å²) in [6.45, 7) is 1.77. The van der Waals surface area contributed by atoms with Crippen molar-refractivity contribution in [3.05, 3.63) is 11.8 Å². The first kappa shape index (κ1) is 12.4. The van der Waals surface area contributed by atoms with Gasteiger partial charge in [0.2, 0.25) is 0 Å². The third-order valence-electron chi connectivity index (χ3n) is 2.29. The van der Waals surface area contributed by atoms with Crippen molar-refractivity contribution in [2.24, 2.45) is 0 Å². The average molecular weight is 220 g/mol. The summed E-state index contributed by atoms with van der Waals surface area (Å²) in [5, 5.41) is 46.6. The summed E-state index contributed by atoms with van der Waals surface area (Å²) >= 11 is 0. The summed E-state index contributed by atoms with van der Waals surface area (Å²) in [7, 11) is 0. The molecule has 0 amide bonds. The minimum absolute atomic E-state index is 0.269. The van der Waals surface area contributed by atoms with E-state index in [0.717, 1.165) is 0 Å². The molecule has 15 heavy (non-hydrogen) atoms. The second kappa shape index (κ2) is 4.91. The van der Waals surface area contributed by atoms with Crippen molar-refractivity contribution in [1.82, 2.24) is 0 Å². The van der Waals surface area contributed by atoms with Crippen LogP contribution in [0.3, 0.4) is 0 Å². The topological polar surface area (TPSA) is 110 Å². The Bertz CT molecular complexity index is 241. The molecule has 6 nitrogen and oxygen atoms in total. The van der Waals surface area contributed by atoms with Gasteiger partial charge in [-0.2, -0.15) is 0 Å². The number of hydrogen-bond donors (Lipinski definition) is 5. The number of aliphatic hydroxyl groups excluding tert-OH is 5. The zero-order chi connectivity index (χ0) is 11.6. The lowest BCUT2D eigenvalue weighted by molar-refractivity contribution is -0.278. The van der Waals surface area contributed by atoms with Crippen LogP contribution in [0.25, 0.3) is 0 Å². The van der Waals surface area contributed by atoms with Gasteiger partial charge in [0.25, 0.3) is 0 Å². The van der Waals surface area contributed by atoms with Crippen LogP contribution in [-0.4, -0.2) is 56.2 Å². The molecule has 0 radical (unpaired) electrons. The van der Waals surface area contributed by atoms with E-state index in [1.54, 1.807) is 6.92 Å². The first-order chi connectivity index (χ1) is 6.99. The molecule has 0 spiro atoms. The highest BCUT2D eigenvalue weighted by Crippen LogP contribution is 2.23. The SMILES string of the molecule is CCC=C(O)[C@@H]1O[C@@H](O)[C@@H](O)[C@H](O)[C@@H]1O. The third-order valence-corrected chi connectivity index (χ3v) is 2.29. The Hall–Kier alpha value is -0.660. The lowest BCUT2D eigenvalue weighted by Crippen LogP contribution is -2.57. The van der Waals surface area contributed by atoms with Gasteiger partial charge < -0.3 is 30.3 Å². The number of ether oxygens (including phenoxy) is 1. The second-order valence-corrected chi connectivity index (χ2v) is 3.46. The summed E-state index contributed by atoms with van der Waals surface area (Å²) in [4.78, 5) is 0. The fourth-order valence-electron chi connectivity index (χ4n) is 1.43. The van der Waals surface area contributed by atoms with Crippen LogP contribution in [0, 0.1) is 0 Å². The fraction of sp³-hybridized carbons (Fsp3) is 0.778. The molecule has 1 aliphatic rings. The highest BCUT2D eigenvalue weighted by Gasteiger charge is 2.44. The van der Waals surface area contributed by atoms with Crippen molar-refractivity contribution in [2.45, 2.75) is 44.1 Å². The Morgan fingerprint density at radius 1 is 1.13 bits per heavy atom. The van der Waals surface area contributed by atoms with Crippen LogP contribution >= 0.6 is 0 Å². The standard InChI is InChI=1S/C9H16O6/c1-2-3-4(10)8-6(12)5(11)7(13)9(14)15-8/h3,5-14H,2H2,1H3/t5-,6+,7+,8+,9-/m1/s1. The lowest BCUT2D eigenvalue weighted by Gasteiger charge is -2.37. The van der Waals surface area contributed by atoms with Gasteiger partial charge in [-0.25, -0.2) is 0 Å². The molecule has 88 valence electrons. The summed E-state index contributed by atoms with van der Waals surface area (Å²) < 4.78 is 4.77. The van der Waals surface area contributed by atoms with Gasteiger partial charge >= 0.3 is 0 Å². The predicted molar refractivity (Wildman–Crippen MR) is 49.9 cm³/mol. The van der Waals surface area contributed by atoms with E-state index >= 15 is 0 Å². The molecule has 0 unspecified atom stereocenters. The lowest BCUT2D eigenvalue weighted by atomic mass is 9.97. The van der Waals surface area contributed by atoms with E-state index in [1.165, 1.54) is 6.08 Å². The molecule has 6 heteroatoms. The van der Waals surface area contributed by atoms with Crippen LogP contribution < -0.4 is 0 Å². The van der Waals surface area contributed by atoms with Crippen molar-refractivity contribution < 1.29 is 30.3 Å². The summed E-state index contributed by atoms with van der Waals surface area (Å²) in [5.74, 6) is -0.269. The van der Waals surface area contributed by atoms with Crippen molar-refractivity contribution in [3.63, 3.8) is 0 Å². The maximum atomic E-state index is 9.48. The molecule has 1 fully saturated rings.